The molecule has 0 aliphatic rings. The zero-order valence-electron chi connectivity index (χ0n) is 11.1. The van der Waals surface area contributed by atoms with Crippen LogP contribution in [0.15, 0.2) is 23.1 Å². The average molecular weight is 242 g/mol. The number of carbonyl (C=O) groups excluding carboxylic acids is 1. The lowest BCUT2D eigenvalue weighted by molar-refractivity contribution is -0.135. The average Bonchev–Trinajstić information content (AvgIpc) is 2.21. The maximum atomic E-state index is 11.7. The molecule has 3 nitrogen and oxygen atoms in total. The van der Waals surface area contributed by atoms with Gasteiger partial charge in [-0.3, -0.25) is 0 Å². The number of ether oxygens (including phenoxy) is 2. The molecule has 16 heavy (non-hydrogen) atoms. The Morgan fingerprint density at radius 2 is 1.88 bits per heavy atom. The minimum Gasteiger partial charge on any atom is -0.501 e. The summed E-state index contributed by atoms with van der Waals surface area (Å²) in [6, 6.07) is 0. The van der Waals surface area contributed by atoms with Gasteiger partial charge in [0.2, 0.25) is 0 Å². The van der Waals surface area contributed by atoms with Gasteiger partial charge in [-0.05, 0) is 19.0 Å². The van der Waals surface area contributed by atoms with Gasteiger partial charge in [0.15, 0.2) is 0 Å². The molecule has 0 aromatic carbocycles. The molecule has 0 aromatic rings. The highest BCUT2D eigenvalue weighted by atomic mass is 28.3. The predicted molar refractivity (Wildman–Crippen MR) is 68.8 cm³/mol. The van der Waals surface area contributed by atoms with Gasteiger partial charge in [-0.1, -0.05) is 25.7 Å². The molecule has 0 unspecified atom stereocenters. The van der Waals surface area contributed by atoms with E-state index >= 15 is 0 Å². The normalized spacial score (nSPS) is 13.6. The molecule has 0 rings (SSSR count). The van der Waals surface area contributed by atoms with Crippen LogP contribution in [0.4, 0.5) is 0 Å². The van der Waals surface area contributed by atoms with Gasteiger partial charge in [0.05, 0.1) is 33.6 Å². The van der Waals surface area contributed by atoms with Gasteiger partial charge in [0.25, 0.3) is 0 Å². The van der Waals surface area contributed by atoms with E-state index in [0.717, 1.165) is 5.20 Å². The van der Waals surface area contributed by atoms with Gasteiger partial charge in [-0.15, -0.1) is 0 Å². The predicted octanol–water partition coefficient (Wildman–Crippen LogP) is 2.90. The first-order valence-corrected chi connectivity index (χ1v) is 8.95. The van der Waals surface area contributed by atoms with E-state index < -0.39 is 8.07 Å². The van der Waals surface area contributed by atoms with E-state index in [4.69, 9.17) is 9.47 Å². The zero-order valence-corrected chi connectivity index (χ0v) is 12.1. The number of methoxy groups -OCH3 is 1. The third-order valence-electron chi connectivity index (χ3n) is 2.16. The van der Waals surface area contributed by atoms with Crippen LogP contribution in [0.25, 0.3) is 0 Å². The van der Waals surface area contributed by atoms with Crippen molar-refractivity contribution in [2.75, 3.05) is 13.7 Å². The summed E-state index contributed by atoms with van der Waals surface area (Å²) < 4.78 is 10.00. The molecule has 0 atom stereocenters. The van der Waals surface area contributed by atoms with E-state index in [-0.39, 0.29) is 5.97 Å². The molecule has 0 amide bonds. The van der Waals surface area contributed by atoms with Crippen LogP contribution >= 0.6 is 0 Å². The summed E-state index contributed by atoms with van der Waals surface area (Å²) >= 11 is 0. The van der Waals surface area contributed by atoms with Crippen molar-refractivity contribution in [1.82, 2.24) is 0 Å². The lowest BCUT2D eigenvalue weighted by Gasteiger charge is -2.21. The van der Waals surface area contributed by atoms with E-state index in [1.807, 2.05) is 19.9 Å². The molecule has 0 aliphatic heterocycles. The third-order valence-corrected chi connectivity index (χ3v) is 4.33. The van der Waals surface area contributed by atoms with E-state index in [2.05, 4.69) is 19.6 Å². The van der Waals surface area contributed by atoms with Crippen LogP contribution < -0.4 is 0 Å². The summed E-state index contributed by atoms with van der Waals surface area (Å²) in [7, 11) is -0.178. The number of allylic oxidation sites excluding steroid dienone is 1. The molecule has 0 aromatic heterocycles. The van der Waals surface area contributed by atoms with Crippen molar-refractivity contribution in [2.45, 2.75) is 33.5 Å². The molecule has 0 bridgehead atoms. The Balaban J connectivity index is 5.26. The topological polar surface area (TPSA) is 35.5 Å². The Hall–Kier alpha value is -1.03. The monoisotopic (exact) mass is 242 g/mol. The van der Waals surface area contributed by atoms with Crippen LogP contribution in [-0.4, -0.2) is 27.8 Å². The number of hydrogen-bond donors (Lipinski definition) is 0. The molecule has 0 N–H and O–H groups in total. The molecule has 0 aliphatic carbocycles. The fraction of sp³-hybridized carbons (Fsp3) is 0.583. The minimum absolute atomic E-state index is 0.330. The maximum Gasteiger partial charge on any atom is 0.340 e. The maximum absolute atomic E-state index is 11.7. The fourth-order valence-corrected chi connectivity index (χ4v) is 3.33. The second-order valence-electron chi connectivity index (χ2n) is 4.43. The first-order chi connectivity index (χ1) is 7.38. The number of hydrogen-bond acceptors (Lipinski definition) is 3. The van der Waals surface area contributed by atoms with Crippen LogP contribution in [0.5, 0.6) is 0 Å². The van der Waals surface area contributed by atoms with Gasteiger partial charge in [0.1, 0.15) is 0 Å². The van der Waals surface area contributed by atoms with Crippen molar-refractivity contribution in [3.63, 3.8) is 0 Å². The molecule has 0 fully saturated rings. The van der Waals surface area contributed by atoms with Crippen molar-refractivity contribution < 1.29 is 14.3 Å². The molecule has 0 heterocycles. The Kier molecular flexibility index (Phi) is 6.11. The summed E-state index contributed by atoms with van der Waals surface area (Å²) in [4.78, 5) is 11.7. The molecule has 0 spiro atoms. The molecular formula is C12H22O3Si. The SMILES string of the molecule is C/C=C(\C(=C\OCC)C(=O)OC)[Si](C)(C)C. The van der Waals surface area contributed by atoms with Crippen LogP contribution in [0.2, 0.25) is 19.6 Å². The Morgan fingerprint density at radius 3 is 2.19 bits per heavy atom. The summed E-state index contributed by atoms with van der Waals surface area (Å²) in [5.41, 5.74) is 0.547. The smallest absolute Gasteiger partial charge is 0.340 e. The van der Waals surface area contributed by atoms with Gasteiger partial charge in [0, 0.05) is 0 Å². The summed E-state index contributed by atoms with van der Waals surface area (Å²) in [6.45, 7) is 10.9. The second-order valence-corrected chi connectivity index (χ2v) is 9.47. The quantitative estimate of drug-likeness (QED) is 0.244. The molecule has 4 heteroatoms. The van der Waals surface area contributed by atoms with Crippen molar-refractivity contribution in [3.8, 4) is 0 Å². The van der Waals surface area contributed by atoms with Crippen molar-refractivity contribution in [1.29, 1.82) is 0 Å². The molecule has 0 saturated heterocycles. The zero-order chi connectivity index (χ0) is 12.8. The van der Waals surface area contributed by atoms with Crippen molar-refractivity contribution >= 4 is 14.0 Å². The second kappa shape index (κ2) is 6.53. The first-order valence-electron chi connectivity index (χ1n) is 5.45. The lowest BCUT2D eigenvalue weighted by Crippen LogP contribution is -2.28. The number of rotatable bonds is 5. The van der Waals surface area contributed by atoms with E-state index in [9.17, 15) is 4.79 Å². The van der Waals surface area contributed by atoms with E-state index in [0.29, 0.717) is 12.2 Å². The molecular weight excluding hydrogens is 220 g/mol. The Morgan fingerprint density at radius 1 is 1.31 bits per heavy atom. The molecule has 92 valence electrons. The van der Waals surface area contributed by atoms with Gasteiger partial charge < -0.3 is 9.47 Å². The first kappa shape index (κ1) is 15.0. The third kappa shape index (κ3) is 4.22. The highest BCUT2D eigenvalue weighted by molar-refractivity contribution is 6.84. The standard InChI is InChI=1S/C12H22O3Si/c1-7-11(16(4,5)6)10(9-15-8-2)12(13)14-3/h7,9H,8H2,1-6H3/b10-9-,11-7+. The highest BCUT2D eigenvalue weighted by Gasteiger charge is 2.27. The van der Waals surface area contributed by atoms with Crippen LogP contribution in [0.1, 0.15) is 13.8 Å². The number of esters is 1. The van der Waals surface area contributed by atoms with Crippen molar-refractivity contribution in [3.05, 3.63) is 23.1 Å². The number of carbonyl (C=O) groups is 1. The van der Waals surface area contributed by atoms with Crippen LogP contribution in [0.3, 0.4) is 0 Å². The van der Waals surface area contributed by atoms with E-state index in [1.54, 1.807) is 0 Å². The Bertz CT molecular complexity index is 298. The van der Waals surface area contributed by atoms with E-state index in [1.165, 1.54) is 13.4 Å². The minimum atomic E-state index is -1.57. The summed E-state index contributed by atoms with van der Waals surface area (Å²) in [5, 5.41) is 1.06. The lowest BCUT2D eigenvalue weighted by atomic mass is 10.2. The van der Waals surface area contributed by atoms with Crippen molar-refractivity contribution in [2.24, 2.45) is 0 Å². The molecule has 0 saturated carbocycles. The summed E-state index contributed by atoms with van der Waals surface area (Å²) in [5.74, 6) is -0.330. The molecule has 0 radical (unpaired) electrons. The largest absolute Gasteiger partial charge is 0.501 e. The van der Waals surface area contributed by atoms with Crippen LogP contribution in [-0.2, 0) is 14.3 Å². The highest BCUT2D eigenvalue weighted by Crippen LogP contribution is 2.23. The van der Waals surface area contributed by atoms with Gasteiger partial charge in [-0.2, -0.15) is 0 Å². The Labute approximate surface area is 99.1 Å². The fourth-order valence-electron chi connectivity index (χ4n) is 1.49. The summed E-state index contributed by atoms with van der Waals surface area (Å²) in [6.07, 6.45) is 3.49. The van der Waals surface area contributed by atoms with Gasteiger partial charge >= 0.3 is 5.97 Å². The van der Waals surface area contributed by atoms with Crippen LogP contribution in [0, 0.1) is 0 Å². The van der Waals surface area contributed by atoms with Gasteiger partial charge in [-0.25, -0.2) is 4.79 Å².